The lowest BCUT2D eigenvalue weighted by Crippen LogP contribution is -2.00. The zero-order chi connectivity index (χ0) is 15.3. The van der Waals surface area contributed by atoms with Crippen LogP contribution < -0.4 is 0 Å². The topological polar surface area (TPSA) is 63.6 Å². The maximum absolute atomic E-state index is 12.8. The summed E-state index contributed by atoms with van der Waals surface area (Å²) < 4.78 is 11.2. The summed E-state index contributed by atoms with van der Waals surface area (Å²) >= 11 is 0. The van der Waals surface area contributed by atoms with Gasteiger partial charge in [-0.2, -0.15) is 0 Å². The largest absolute Gasteiger partial charge is 0.508 e. The van der Waals surface area contributed by atoms with Crippen molar-refractivity contribution in [2.45, 2.75) is 6.92 Å². The molecular weight excluding hydrogens is 280 g/mol. The van der Waals surface area contributed by atoms with Crippen molar-refractivity contribution in [1.29, 1.82) is 0 Å². The average molecular weight is 292 g/mol. The molecule has 4 aromatic rings. The maximum Gasteiger partial charge on any atom is 0.232 e. The summed E-state index contributed by atoms with van der Waals surface area (Å²) in [5, 5.41) is 11.1. The van der Waals surface area contributed by atoms with Crippen molar-refractivity contribution in [2.24, 2.45) is 0 Å². The number of aryl methyl sites for hydroxylation is 1. The molecule has 0 aliphatic rings. The number of hydrogen-bond donors (Lipinski definition) is 1. The molecule has 4 rings (SSSR count). The molecule has 2 aromatic carbocycles. The molecule has 2 heterocycles. The highest BCUT2D eigenvalue weighted by molar-refractivity contribution is 6.16. The highest BCUT2D eigenvalue weighted by Crippen LogP contribution is 2.31. The number of fused-ring (bicyclic) bond motifs is 2. The highest BCUT2D eigenvalue weighted by Gasteiger charge is 2.22. The van der Waals surface area contributed by atoms with Crippen molar-refractivity contribution in [2.75, 3.05) is 0 Å². The first-order chi connectivity index (χ1) is 10.6. The fourth-order valence-corrected chi connectivity index (χ4v) is 2.71. The van der Waals surface area contributed by atoms with Crippen LogP contribution in [0.5, 0.6) is 5.75 Å². The standard InChI is InChI=1S/C18H12O4/c1-10-17(13-9-12(19)6-7-15(13)21-10)18(20)16-8-11-4-2-3-5-14(11)22-16/h2-9,19H,1H3. The van der Waals surface area contributed by atoms with Gasteiger partial charge >= 0.3 is 0 Å². The van der Waals surface area contributed by atoms with Crippen molar-refractivity contribution in [1.82, 2.24) is 0 Å². The third-order valence-corrected chi connectivity index (χ3v) is 3.72. The Morgan fingerprint density at radius 3 is 2.64 bits per heavy atom. The van der Waals surface area contributed by atoms with Gasteiger partial charge in [-0.05, 0) is 37.3 Å². The van der Waals surface area contributed by atoms with E-state index in [9.17, 15) is 9.90 Å². The quantitative estimate of drug-likeness (QED) is 0.555. The summed E-state index contributed by atoms with van der Waals surface area (Å²) in [6.07, 6.45) is 0. The third kappa shape index (κ3) is 1.81. The van der Waals surface area contributed by atoms with Crippen LogP contribution in [0.4, 0.5) is 0 Å². The number of carbonyl (C=O) groups is 1. The number of phenolic OH excluding ortho intramolecular Hbond substituents is 1. The number of hydrogen-bond acceptors (Lipinski definition) is 4. The van der Waals surface area contributed by atoms with E-state index in [1.54, 1.807) is 19.1 Å². The Kier molecular flexibility index (Phi) is 2.60. The van der Waals surface area contributed by atoms with Crippen LogP contribution in [0.25, 0.3) is 21.9 Å². The summed E-state index contributed by atoms with van der Waals surface area (Å²) in [6, 6.07) is 13.9. The van der Waals surface area contributed by atoms with E-state index in [0.29, 0.717) is 27.9 Å². The molecule has 0 bridgehead atoms. The second-order valence-electron chi connectivity index (χ2n) is 5.19. The lowest BCUT2D eigenvalue weighted by atomic mass is 10.0. The smallest absolute Gasteiger partial charge is 0.232 e. The van der Waals surface area contributed by atoms with E-state index in [4.69, 9.17) is 8.83 Å². The van der Waals surface area contributed by atoms with Crippen molar-refractivity contribution in [3.8, 4) is 5.75 Å². The van der Waals surface area contributed by atoms with E-state index in [-0.39, 0.29) is 17.3 Å². The summed E-state index contributed by atoms with van der Waals surface area (Å²) in [6.45, 7) is 1.73. The number of aromatic hydroxyl groups is 1. The van der Waals surface area contributed by atoms with Gasteiger partial charge in [0.05, 0.1) is 5.56 Å². The number of furan rings is 2. The van der Waals surface area contributed by atoms with Crippen LogP contribution in [-0.4, -0.2) is 10.9 Å². The first-order valence-corrected chi connectivity index (χ1v) is 6.89. The number of ketones is 1. The van der Waals surface area contributed by atoms with Gasteiger partial charge in [0, 0.05) is 10.8 Å². The Morgan fingerprint density at radius 2 is 1.82 bits per heavy atom. The predicted molar refractivity (Wildman–Crippen MR) is 82.3 cm³/mol. The van der Waals surface area contributed by atoms with E-state index < -0.39 is 0 Å². The summed E-state index contributed by atoms with van der Waals surface area (Å²) in [4.78, 5) is 12.8. The molecule has 0 amide bonds. The zero-order valence-electron chi connectivity index (χ0n) is 11.8. The minimum absolute atomic E-state index is 0.0898. The number of phenols is 1. The van der Waals surface area contributed by atoms with Crippen LogP contribution in [0.1, 0.15) is 21.9 Å². The normalized spacial score (nSPS) is 11.3. The van der Waals surface area contributed by atoms with E-state index in [1.165, 1.54) is 12.1 Å². The van der Waals surface area contributed by atoms with Gasteiger partial charge in [0.2, 0.25) is 5.78 Å². The lowest BCUT2D eigenvalue weighted by Gasteiger charge is -1.97. The molecular formula is C18H12O4. The van der Waals surface area contributed by atoms with Crippen LogP contribution in [0.15, 0.2) is 57.4 Å². The maximum atomic E-state index is 12.8. The Bertz CT molecular complexity index is 987. The van der Waals surface area contributed by atoms with E-state index in [1.807, 2.05) is 24.3 Å². The number of carbonyl (C=O) groups excluding carboxylic acids is 1. The Morgan fingerprint density at radius 1 is 1.00 bits per heavy atom. The van der Waals surface area contributed by atoms with E-state index in [0.717, 1.165) is 5.39 Å². The van der Waals surface area contributed by atoms with Crippen LogP contribution in [0, 0.1) is 6.92 Å². The van der Waals surface area contributed by atoms with Gasteiger partial charge in [0.15, 0.2) is 5.76 Å². The first-order valence-electron chi connectivity index (χ1n) is 6.89. The Hall–Kier alpha value is -3.01. The molecule has 4 heteroatoms. The minimum atomic E-state index is -0.252. The first kappa shape index (κ1) is 12.7. The van der Waals surface area contributed by atoms with Crippen LogP contribution in [0.3, 0.4) is 0 Å². The second kappa shape index (κ2) is 4.49. The molecule has 0 aliphatic heterocycles. The average Bonchev–Trinajstić information content (AvgIpc) is 3.06. The second-order valence-corrected chi connectivity index (χ2v) is 5.19. The van der Waals surface area contributed by atoms with Crippen LogP contribution >= 0.6 is 0 Å². The third-order valence-electron chi connectivity index (χ3n) is 3.72. The zero-order valence-corrected chi connectivity index (χ0v) is 11.8. The summed E-state index contributed by atoms with van der Waals surface area (Å²) in [7, 11) is 0. The molecule has 0 saturated carbocycles. The van der Waals surface area contributed by atoms with Crippen molar-refractivity contribution >= 4 is 27.7 Å². The number of rotatable bonds is 2. The molecule has 0 radical (unpaired) electrons. The minimum Gasteiger partial charge on any atom is -0.508 e. The molecule has 0 aliphatic carbocycles. The predicted octanol–water partition coefficient (Wildman–Crippen LogP) is 4.42. The molecule has 0 spiro atoms. The van der Waals surface area contributed by atoms with Gasteiger partial charge in [-0.3, -0.25) is 4.79 Å². The van der Waals surface area contributed by atoms with Crippen molar-refractivity contribution in [3.05, 3.63) is 65.6 Å². The SMILES string of the molecule is Cc1oc2ccc(O)cc2c1C(=O)c1cc2ccccc2o1. The van der Waals surface area contributed by atoms with Gasteiger partial charge in [-0.1, -0.05) is 18.2 Å². The molecule has 4 nitrogen and oxygen atoms in total. The fraction of sp³-hybridized carbons (Fsp3) is 0.0556. The Labute approximate surface area is 125 Å². The number of para-hydroxylation sites is 1. The lowest BCUT2D eigenvalue weighted by molar-refractivity contribution is 0.101. The number of benzene rings is 2. The molecule has 0 unspecified atom stereocenters. The van der Waals surface area contributed by atoms with Gasteiger partial charge in [0.25, 0.3) is 0 Å². The molecule has 0 saturated heterocycles. The van der Waals surface area contributed by atoms with Crippen molar-refractivity contribution in [3.63, 3.8) is 0 Å². The van der Waals surface area contributed by atoms with E-state index in [2.05, 4.69) is 0 Å². The van der Waals surface area contributed by atoms with Crippen molar-refractivity contribution < 1.29 is 18.7 Å². The van der Waals surface area contributed by atoms with Gasteiger partial charge in [0.1, 0.15) is 22.7 Å². The monoisotopic (exact) mass is 292 g/mol. The Balaban J connectivity index is 1.92. The molecule has 0 atom stereocenters. The summed E-state index contributed by atoms with van der Waals surface area (Å²) in [5.74, 6) is 0.603. The van der Waals surface area contributed by atoms with Gasteiger partial charge in [-0.25, -0.2) is 0 Å². The highest BCUT2D eigenvalue weighted by atomic mass is 16.3. The van der Waals surface area contributed by atoms with Gasteiger partial charge < -0.3 is 13.9 Å². The van der Waals surface area contributed by atoms with Gasteiger partial charge in [-0.15, -0.1) is 0 Å². The molecule has 22 heavy (non-hydrogen) atoms. The molecule has 0 fully saturated rings. The van der Waals surface area contributed by atoms with Crippen LogP contribution in [0.2, 0.25) is 0 Å². The molecule has 2 aromatic heterocycles. The molecule has 108 valence electrons. The van der Waals surface area contributed by atoms with Crippen LogP contribution in [-0.2, 0) is 0 Å². The fourth-order valence-electron chi connectivity index (χ4n) is 2.71. The van der Waals surface area contributed by atoms with E-state index >= 15 is 0 Å². The summed E-state index contributed by atoms with van der Waals surface area (Å²) in [5.41, 5.74) is 1.65. The molecule has 1 N–H and O–H groups in total.